The molecule has 2 rings (SSSR count). The SMILES string of the molecule is CC1O[C@@H](CCCN=[N+]=[N-])C(C)[C@@H](O[C@H]2OC[C@@H](C)[C@H](O)C2O)[C@@H]1C. The normalized spacial score (nSPS) is 45.0. The standard InChI is InChI=1S/C17H31N3O5/c1-9-8-23-17(15(22)14(9)21)25-16-10(2)12(4)24-13(11(16)3)6-5-7-19-20-18/h9-17,21-22H,5-8H2,1-4H3/t9-,10-,11?,12?,13+,14+,15?,16+,17-/m1/s1. The van der Waals surface area contributed by atoms with Crippen LogP contribution in [0.5, 0.6) is 0 Å². The number of aliphatic hydroxyl groups is 2. The molecule has 0 aromatic carbocycles. The number of hydrogen-bond donors (Lipinski definition) is 2. The third-order valence-electron chi connectivity index (χ3n) is 5.59. The van der Waals surface area contributed by atoms with Gasteiger partial charge in [-0.3, -0.25) is 0 Å². The molecule has 2 aliphatic rings. The molecule has 8 heteroatoms. The molecular weight excluding hydrogens is 326 g/mol. The van der Waals surface area contributed by atoms with E-state index in [1.54, 1.807) is 0 Å². The van der Waals surface area contributed by atoms with Crippen molar-refractivity contribution in [3.05, 3.63) is 10.4 Å². The number of hydrogen-bond acceptors (Lipinski definition) is 6. The van der Waals surface area contributed by atoms with Crippen molar-refractivity contribution in [3.8, 4) is 0 Å². The molecule has 8 nitrogen and oxygen atoms in total. The number of nitrogens with zero attached hydrogens (tertiary/aromatic N) is 3. The van der Waals surface area contributed by atoms with Gasteiger partial charge in [0.2, 0.25) is 0 Å². The van der Waals surface area contributed by atoms with Gasteiger partial charge in [0.05, 0.1) is 31.0 Å². The van der Waals surface area contributed by atoms with E-state index in [-0.39, 0.29) is 36.1 Å². The summed E-state index contributed by atoms with van der Waals surface area (Å²) >= 11 is 0. The molecule has 0 aromatic heterocycles. The van der Waals surface area contributed by atoms with E-state index in [9.17, 15) is 10.2 Å². The van der Waals surface area contributed by atoms with E-state index in [1.807, 2.05) is 13.8 Å². The van der Waals surface area contributed by atoms with Crippen LogP contribution in [0.25, 0.3) is 10.4 Å². The molecule has 2 fully saturated rings. The lowest BCUT2D eigenvalue weighted by molar-refractivity contribution is -0.300. The van der Waals surface area contributed by atoms with E-state index in [1.165, 1.54) is 0 Å². The maximum absolute atomic E-state index is 10.3. The molecule has 0 amide bonds. The Morgan fingerprint density at radius 1 is 1.16 bits per heavy atom. The summed E-state index contributed by atoms with van der Waals surface area (Å²) in [6, 6.07) is 0. The van der Waals surface area contributed by atoms with Crippen molar-refractivity contribution in [3.63, 3.8) is 0 Å². The number of rotatable bonds is 6. The average Bonchev–Trinajstić information content (AvgIpc) is 2.59. The van der Waals surface area contributed by atoms with Crippen molar-refractivity contribution in [2.24, 2.45) is 22.9 Å². The van der Waals surface area contributed by atoms with Crippen LogP contribution in [0.1, 0.15) is 40.5 Å². The van der Waals surface area contributed by atoms with Crippen molar-refractivity contribution >= 4 is 0 Å². The van der Waals surface area contributed by atoms with Gasteiger partial charge in [-0.2, -0.15) is 0 Å². The summed E-state index contributed by atoms with van der Waals surface area (Å²) in [4.78, 5) is 2.77. The Bertz CT molecular complexity index is 473. The average molecular weight is 357 g/mol. The molecule has 0 radical (unpaired) electrons. The Hall–Kier alpha value is -0.890. The highest BCUT2D eigenvalue weighted by molar-refractivity contribution is 4.89. The second kappa shape index (κ2) is 9.16. The monoisotopic (exact) mass is 357 g/mol. The molecule has 3 unspecified atom stereocenters. The van der Waals surface area contributed by atoms with Crippen molar-refractivity contribution in [1.82, 2.24) is 0 Å². The molecule has 0 bridgehead atoms. The number of aliphatic hydroxyl groups excluding tert-OH is 2. The number of azide groups is 1. The van der Waals surface area contributed by atoms with Crippen LogP contribution in [0, 0.1) is 17.8 Å². The van der Waals surface area contributed by atoms with E-state index in [0.29, 0.717) is 13.2 Å². The van der Waals surface area contributed by atoms with Crippen LogP contribution in [0.4, 0.5) is 0 Å². The molecule has 0 saturated carbocycles. The molecule has 2 N–H and O–H groups in total. The van der Waals surface area contributed by atoms with E-state index in [0.717, 1.165) is 12.8 Å². The van der Waals surface area contributed by atoms with Gasteiger partial charge in [-0.15, -0.1) is 0 Å². The largest absolute Gasteiger partial charge is 0.390 e. The van der Waals surface area contributed by atoms with Crippen LogP contribution in [-0.2, 0) is 14.2 Å². The molecule has 144 valence electrons. The van der Waals surface area contributed by atoms with Crippen molar-refractivity contribution in [1.29, 1.82) is 0 Å². The zero-order valence-corrected chi connectivity index (χ0v) is 15.5. The summed E-state index contributed by atoms with van der Waals surface area (Å²) in [6.07, 6.45) is -1.32. The zero-order valence-electron chi connectivity index (χ0n) is 15.5. The highest BCUT2D eigenvalue weighted by atomic mass is 16.7. The molecule has 2 aliphatic heterocycles. The maximum Gasteiger partial charge on any atom is 0.186 e. The van der Waals surface area contributed by atoms with Crippen LogP contribution in [0.3, 0.4) is 0 Å². The Labute approximate surface area is 149 Å². The Kier molecular flexibility index (Phi) is 7.49. The van der Waals surface area contributed by atoms with Gasteiger partial charge in [-0.05, 0) is 25.3 Å². The van der Waals surface area contributed by atoms with E-state index in [2.05, 4.69) is 23.9 Å². The fraction of sp³-hybridized carbons (Fsp3) is 1.00. The lowest BCUT2D eigenvalue weighted by atomic mass is 9.81. The molecule has 0 spiro atoms. The Morgan fingerprint density at radius 2 is 1.88 bits per heavy atom. The van der Waals surface area contributed by atoms with E-state index in [4.69, 9.17) is 19.7 Å². The number of ether oxygens (including phenoxy) is 3. The maximum atomic E-state index is 10.3. The lowest BCUT2D eigenvalue weighted by Gasteiger charge is -2.46. The molecule has 0 aromatic rings. The molecule has 2 heterocycles. The predicted molar refractivity (Wildman–Crippen MR) is 91.7 cm³/mol. The molecular formula is C17H31N3O5. The van der Waals surface area contributed by atoms with Crippen LogP contribution < -0.4 is 0 Å². The van der Waals surface area contributed by atoms with E-state index < -0.39 is 18.5 Å². The Morgan fingerprint density at radius 3 is 2.56 bits per heavy atom. The first-order chi connectivity index (χ1) is 11.9. The first-order valence-electron chi connectivity index (χ1n) is 9.16. The van der Waals surface area contributed by atoms with Crippen LogP contribution >= 0.6 is 0 Å². The minimum absolute atomic E-state index is 0.00493. The topological polar surface area (TPSA) is 117 Å². The fourth-order valence-electron chi connectivity index (χ4n) is 3.68. The summed E-state index contributed by atoms with van der Waals surface area (Å²) < 4.78 is 17.9. The van der Waals surface area contributed by atoms with Gasteiger partial charge in [0.1, 0.15) is 6.10 Å². The van der Waals surface area contributed by atoms with Gasteiger partial charge in [0, 0.05) is 29.2 Å². The first kappa shape index (κ1) is 20.4. The summed E-state index contributed by atoms with van der Waals surface area (Å²) in [6.45, 7) is 8.80. The van der Waals surface area contributed by atoms with Crippen molar-refractivity contribution in [2.45, 2.75) is 77.3 Å². The second-order valence-corrected chi connectivity index (χ2v) is 7.46. The second-order valence-electron chi connectivity index (χ2n) is 7.46. The molecule has 2 saturated heterocycles. The van der Waals surface area contributed by atoms with Gasteiger partial charge in [-0.1, -0.05) is 25.9 Å². The quantitative estimate of drug-likeness (QED) is 0.327. The Balaban J connectivity index is 2.00. The van der Waals surface area contributed by atoms with Crippen LogP contribution in [-0.4, -0.2) is 60.2 Å². The summed E-state index contributed by atoms with van der Waals surface area (Å²) in [7, 11) is 0. The van der Waals surface area contributed by atoms with Crippen LogP contribution in [0.15, 0.2) is 5.11 Å². The first-order valence-corrected chi connectivity index (χ1v) is 9.16. The summed E-state index contributed by atoms with van der Waals surface area (Å²) in [5, 5.41) is 23.9. The minimum atomic E-state index is -1.05. The van der Waals surface area contributed by atoms with Gasteiger partial charge < -0.3 is 24.4 Å². The molecule has 9 atom stereocenters. The molecule has 0 aliphatic carbocycles. The summed E-state index contributed by atoms with van der Waals surface area (Å²) in [5.74, 6) is 0.118. The third kappa shape index (κ3) is 4.84. The summed E-state index contributed by atoms with van der Waals surface area (Å²) in [5.41, 5.74) is 8.37. The third-order valence-corrected chi connectivity index (χ3v) is 5.59. The van der Waals surface area contributed by atoms with Gasteiger partial charge >= 0.3 is 0 Å². The fourth-order valence-corrected chi connectivity index (χ4v) is 3.68. The van der Waals surface area contributed by atoms with Crippen molar-refractivity contribution in [2.75, 3.05) is 13.2 Å². The highest BCUT2D eigenvalue weighted by Gasteiger charge is 2.44. The zero-order chi connectivity index (χ0) is 18.6. The van der Waals surface area contributed by atoms with E-state index >= 15 is 0 Å². The lowest BCUT2D eigenvalue weighted by Crippen LogP contribution is -2.55. The van der Waals surface area contributed by atoms with Gasteiger partial charge in [0.15, 0.2) is 6.29 Å². The van der Waals surface area contributed by atoms with Gasteiger partial charge in [-0.25, -0.2) is 0 Å². The van der Waals surface area contributed by atoms with Gasteiger partial charge in [0.25, 0.3) is 0 Å². The minimum Gasteiger partial charge on any atom is -0.390 e. The highest BCUT2D eigenvalue weighted by Crippen LogP contribution is 2.36. The molecule has 25 heavy (non-hydrogen) atoms. The van der Waals surface area contributed by atoms with Crippen molar-refractivity contribution < 1.29 is 24.4 Å². The smallest absolute Gasteiger partial charge is 0.186 e. The predicted octanol–water partition coefficient (Wildman–Crippen LogP) is 2.24. The van der Waals surface area contributed by atoms with Crippen LogP contribution in [0.2, 0.25) is 0 Å².